The fourth-order valence-electron chi connectivity index (χ4n) is 4.17. The van der Waals surface area contributed by atoms with Crippen molar-refractivity contribution < 1.29 is 9.26 Å². The van der Waals surface area contributed by atoms with Crippen LogP contribution in [0.5, 0.6) is 5.75 Å². The van der Waals surface area contributed by atoms with E-state index in [0.29, 0.717) is 0 Å². The van der Waals surface area contributed by atoms with Crippen LogP contribution in [0.15, 0.2) is 28.8 Å². The molecule has 1 saturated heterocycles. The van der Waals surface area contributed by atoms with Gasteiger partial charge in [0.25, 0.3) is 0 Å². The molecule has 2 fully saturated rings. The van der Waals surface area contributed by atoms with Crippen molar-refractivity contribution in [3.63, 3.8) is 0 Å². The van der Waals surface area contributed by atoms with Crippen molar-refractivity contribution in [1.82, 2.24) is 20.4 Å². The molecule has 1 aromatic carbocycles. The third-order valence-corrected chi connectivity index (χ3v) is 5.76. The quantitative estimate of drug-likeness (QED) is 0.882. The molecule has 1 aromatic heterocycles. The molecule has 0 spiro atoms. The van der Waals surface area contributed by atoms with Gasteiger partial charge in [-0.3, -0.25) is 4.90 Å². The highest BCUT2D eigenvalue weighted by Crippen LogP contribution is 2.46. The third-order valence-electron chi connectivity index (χ3n) is 5.76. The number of benzene rings is 1. The van der Waals surface area contributed by atoms with Crippen molar-refractivity contribution in [3.05, 3.63) is 41.5 Å². The molecule has 1 N–H and O–H groups in total. The number of hydrogen-bond acceptors (Lipinski definition) is 6. The normalized spacial score (nSPS) is 22.8. The number of methoxy groups -OCH3 is 1. The highest BCUT2D eigenvalue weighted by Gasteiger charge is 2.43. The van der Waals surface area contributed by atoms with Crippen molar-refractivity contribution >= 4 is 12.4 Å². The molecule has 1 saturated carbocycles. The van der Waals surface area contributed by atoms with E-state index in [1.54, 1.807) is 7.11 Å². The minimum Gasteiger partial charge on any atom is -0.497 e. The zero-order valence-electron chi connectivity index (χ0n) is 15.4. The highest BCUT2D eigenvalue weighted by atomic mass is 35.5. The van der Waals surface area contributed by atoms with Gasteiger partial charge in [0.2, 0.25) is 5.89 Å². The first-order valence-electron chi connectivity index (χ1n) is 9.12. The number of halogens is 1. The zero-order valence-corrected chi connectivity index (χ0v) is 16.2. The molecule has 4 rings (SSSR count). The molecule has 2 aromatic rings. The van der Waals surface area contributed by atoms with E-state index in [1.165, 1.54) is 18.4 Å². The third kappa shape index (κ3) is 3.33. The molecule has 2 aliphatic rings. The maximum atomic E-state index is 5.82. The van der Waals surface area contributed by atoms with Crippen LogP contribution >= 0.6 is 12.4 Å². The molecule has 1 aliphatic heterocycles. The molecule has 0 bridgehead atoms. The second-order valence-electron chi connectivity index (χ2n) is 7.18. The molecule has 1 atom stereocenters. The van der Waals surface area contributed by atoms with E-state index in [0.717, 1.165) is 49.9 Å². The smallest absolute Gasteiger partial charge is 0.237 e. The van der Waals surface area contributed by atoms with Crippen molar-refractivity contribution in [2.24, 2.45) is 0 Å². The first-order chi connectivity index (χ1) is 12.2. The van der Waals surface area contributed by atoms with Crippen LogP contribution < -0.4 is 10.1 Å². The summed E-state index contributed by atoms with van der Waals surface area (Å²) in [5.41, 5.74) is 1.09. The second-order valence-corrected chi connectivity index (χ2v) is 7.18. The van der Waals surface area contributed by atoms with E-state index in [4.69, 9.17) is 14.2 Å². The van der Waals surface area contributed by atoms with Crippen LogP contribution in [-0.4, -0.2) is 48.8 Å². The molecule has 26 heavy (non-hydrogen) atoms. The maximum absolute atomic E-state index is 5.82. The van der Waals surface area contributed by atoms with Crippen molar-refractivity contribution in [1.29, 1.82) is 0 Å². The van der Waals surface area contributed by atoms with Gasteiger partial charge in [0.05, 0.1) is 18.6 Å². The number of rotatable bonds is 4. The summed E-state index contributed by atoms with van der Waals surface area (Å²) in [6.45, 7) is 2.87. The molecular formula is C19H27ClN4O2. The average Bonchev–Trinajstić information content (AvgIpc) is 3.32. The van der Waals surface area contributed by atoms with Crippen molar-refractivity contribution in [2.45, 2.75) is 37.1 Å². The van der Waals surface area contributed by atoms with Gasteiger partial charge in [-0.1, -0.05) is 30.1 Å². The van der Waals surface area contributed by atoms with E-state index in [1.807, 2.05) is 12.1 Å². The minimum atomic E-state index is -0.155. The number of hydrogen-bond donors (Lipinski definition) is 1. The Morgan fingerprint density at radius 3 is 2.62 bits per heavy atom. The van der Waals surface area contributed by atoms with Gasteiger partial charge in [-0.25, -0.2) is 0 Å². The Morgan fingerprint density at radius 1 is 1.23 bits per heavy atom. The number of nitrogens with zero attached hydrogens (tertiary/aromatic N) is 3. The Bertz CT molecular complexity index is 713. The predicted molar refractivity (Wildman–Crippen MR) is 102 cm³/mol. The Balaban J connectivity index is 0.00000196. The van der Waals surface area contributed by atoms with E-state index in [9.17, 15) is 0 Å². The number of ether oxygens (including phenoxy) is 1. The number of nitrogens with one attached hydrogen (secondary N) is 1. The Labute approximate surface area is 160 Å². The zero-order chi connectivity index (χ0) is 17.3. The van der Waals surface area contributed by atoms with E-state index in [-0.39, 0.29) is 23.9 Å². The van der Waals surface area contributed by atoms with Crippen LogP contribution in [0.2, 0.25) is 0 Å². The molecule has 1 unspecified atom stereocenters. The SMILES string of the molecule is COc1ccc(C2(c3nc(C4CNCCN4C)no3)CCCC2)cc1.Cl. The molecule has 1 aliphatic carbocycles. The van der Waals surface area contributed by atoms with Gasteiger partial charge in [-0.2, -0.15) is 4.98 Å². The molecule has 2 heterocycles. The summed E-state index contributed by atoms with van der Waals surface area (Å²) < 4.78 is 11.1. The summed E-state index contributed by atoms with van der Waals surface area (Å²) in [7, 11) is 3.82. The standard InChI is InChI=1S/C19H26N4O2.ClH/c1-23-12-11-20-13-16(23)17-21-18(25-22-17)19(9-3-4-10-19)14-5-7-15(24-2)8-6-14;/h5-8,16,20H,3-4,9-13H2,1-2H3;1H. The lowest BCUT2D eigenvalue weighted by molar-refractivity contribution is 0.190. The molecule has 0 radical (unpaired) electrons. The van der Waals surface area contributed by atoms with Gasteiger partial charge in [-0.15, -0.1) is 12.4 Å². The van der Waals surface area contributed by atoms with Crippen LogP contribution in [0.3, 0.4) is 0 Å². The summed E-state index contributed by atoms with van der Waals surface area (Å²) in [6.07, 6.45) is 4.49. The topological polar surface area (TPSA) is 63.4 Å². The molecule has 6 nitrogen and oxygen atoms in total. The Hall–Kier alpha value is -1.63. The molecule has 7 heteroatoms. The van der Waals surface area contributed by atoms with Crippen LogP contribution in [0, 0.1) is 0 Å². The van der Waals surface area contributed by atoms with Gasteiger partial charge in [0.1, 0.15) is 5.75 Å². The van der Waals surface area contributed by atoms with Crippen LogP contribution in [-0.2, 0) is 5.41 Å². The molecule has 0 amide bonds. The Kier molecular flexibility index (Phi) is 5.85. The van der Waals surface area contributed by atoms with Gasteiger partial charge in [0, 0.05) is 19.6 Å². The van der Waals surface area contributed by atoms with Crippen LogP contribution in [0.4, 0.5) is 0 Å². The number of aromatic nitrogens is 2. The summed E-state index contributed by atoms with van der Waals surface area (Å²) in [5.74, 6) is 2.44. The highest BCUT2D eigenvalue weighted by molar-refractivity contribution is 5.85. The van der Waals surface area contributed by atoms with E-state index >= 15 is 0 Å². The largest absolute Gasteiger partial charge is 0.497 e. The summed E-state index contributed by atoms with van der Waals surface area (Å²) in [6, 6.07) is 8.50. The summed E-state index contributed by atoms with van der Waals surface area (Å²) in [5, 5.41) is 7.77. The van der Waals surface area contributed by atoms with Crippen molar-refractivity contribution in [3.8, 4) is 5.75 Å². The van der Waals surface area contributed by atoms with Crippen LogP contribution in [0.1, 0.15) is 49.0 Å². The number of piperazine rings is 1. The lowest BCUT2D eigenvalue weighted by atomic mass is 9.78. The first kappa shape index (κ1) is 19.1. The van der Waals surface area contributed by atoms with E-state index in [2.05, 4.69) is 34.6 Å². The van der Waals surface area contributed by atoms with Gasteiger partial charge in [-0.05, 0) is 37.6 Å². The van der Waals surface area contributed by atoms with Gasteiger partial charge >= 0.3 is 0 Å². The second kappa shape index (κ2) is 7.94. The van der Waals surface area contributed by atoms with Crippen LogP contribution in [0.25, 0.3) is 0 Å². The minimum absolute atomic E-state index is 0. The van der Waals surface area contributed by atoms with Crippen molar-refractivity contribution in [2.75, 3.05) is 33.8 Å². The van der Waals surface area contributed by atoms with Gasteiger partial charge < -0.3 is 14.6 Å². The fraction of sp³-hybridized carbons (Fsp3) is 0.579. The predicted octanol–water partition coefficient (Wildman–Crippen LogP) is 2.94. The maximum Gasteiger partial charge on any atom is 0.237 e. The summed E-state index contributed by atoms with van der Waals surface area (Å²) >= 11 is 0. The van der Waals surface area contributed by atoms with Gasteiger partial charge in [0.15, 0.2) is 5.82 Å². The summed E-state index contributed by atoms with van der Waals surface area (Å²) in [4.78, 5) is 7.16. The molecular weight excluding hydrogens is 352 g/mol. The lowest BCUT2D eigenvalue weighted by Crippen LogP contribution is -2.44. The first-order valence-corrected chi connectivity index (χ1v) is 9.12. The average molecular weight is 379 g/mol. The van der Waals surface area contributed by atoms with E-state index < -0.39 is 0 Å². The monoisotopic (exact) mass is 378 g/mol. The fourth-order valence-corrected chi connectivity index (χ4v) is 4.17. The Morgan fingerprint density at radius 2 is 1.96 bits per heavy atom. The molecule has 142 valence electrons. The number of likely N-dealkylation sites (N-methyl/N-ethyl adjacent to an activating group) is 1. The lowest BCUT2D eigenvalue weighted by Gasteiger charge is -2.30.